The SMILES string of the molecule is COc1ccc(NC(=O)N2CC3(CCN(Cc4ccc([N+](=O)[O-])cc4)CC3)c3cc(F)ccc32)cc1. The third-order valence-electron chi connectivity index (χ3n) is 7.23. The number of piperidine rings is 1. The van der Waals surface area contributed by atoms with Crippen molar-refractivity contribution in [2.24, 2.45) is 0 Å². The first-order chi connectivity index (χ1) is 17.4. The third-order valence-corrected chi connectivity index (χ3v) is 7.23. The number of non-ortho nitro benzene ring substituents is 1. The maximum absolute atomic E-state index is 14.3. The molecule has 2 aliphatic rings. The fourth-order valence-electron chi connectivity index (χ4n) is 5.24. The molecule has 0 unspecified atom stereocenters. The van der Waals surface area contributed by atoms with E-state index in [-0.39, 0.29) is 23.0 Å². The van der Waals surface area contributed by atoms with Crippen LogP contribution in [0.5, 0.6) is 5.75 Å². The van der Waals surface area contributed by atoms with Crippen molar-refractivity contribution < 1.29 is 18.8 Å². The second-order valence-electron chi connectivity index (χ2n) is 9.39. The van der Waals surface area contributed by atoms with E-state index in [2.05, 4.69) is 10.2 Å². The number of amides is 2. The largest absolute Gasteiger partial charge is 0.497 e. The Morgan fingerprint density at radius 3 is 2.42 bits per heavy atom. The summed E-state index contributed by atoms with van der Waals surface area (Å²) in [5.74, 6) is 0.397. The maximum atomic E-state index is 14.3. The molecule has 0 aromatic heterocycles. The highest BCUT2D eigenvalue weighted by atomic mass is 19.1. The summed E-state index contributed by atoms with van der Waals surface area (Å²) >= 11 is 0. The zero-order valence-corrected chi connectivity index (χ0v) is 19.9. The first-order valence-corrected chi connectivity index (χ1v) is 11.9. The van der Waals surface area contributed by atoms with Crippen LogP contribution in [-0.2, 0) is 12.0 Å². The molecule has 0 bridgehead atoms. The van der Waals surface area contributed by atoms with Gasteiger partial charge in [0.25, 0.3) is 5.69 Å². The summed E-state index contributed by atoms with van der Waals surface area (Å²) in [7, 11) is 1.59. The number of carbonyl (C=O) groups is 1. The van der Waals surface area contributed by atoms with Crippen LogP contribution in [0.2, 0.25) is 0 Å². The predicted octanol–water partition coefficient (Wildman–Crippen LogP) is 5.33. The van der Waals surface area contributed by atoms with Gasteiger partial charge in [0.2, 0.25) is 0 Å². The monoisotopic (exact) mass is 490 g/mol. The summed E-state index contributed by atoms with van der Waals surface area (Å²) in [4.78, 5) is 27.8. The van der Waals surface area contributed by atoms with Crippen LogP contribution in [0.15, 0.2) is 66.7 Å². The predicted molar refractivity (Wildman–Crippen MR) is 135 cm³/mol. The smallest absolute Gasteiger partial charge is 0.326 e. The lowest BCUT2D eigenvalue weighted by molar-refractivity contribution is -0.384. The Labute approximate surface area is 208 Å². The standard InChI is InChI=1S/C27H27FN4O4/c1-36-23-9-5-21(6-10-23)29-26(33)31-18-27(24-16-20(28)4-11-25(24)31)12-14-30(15-13-27)17-19-2-7-22(8-3-19)32(34)35/h2-11,16H,12-15,17-18H2,1H3,(H,29,33). The van der Waals surface area contributed by atoms with Gasteiger partial charge in [0, 0.05) is 42.0 Å². The number of likely N-dealkylation sites (tertiary alicyclic amines) is 1. The Bertz CT molecular complexity index is 1270. The minimum absolute atomic E-state index is 0.0777. The van der Waals surface area contributed by atoms with E-state index in [1.165, 1.54) is 18.2 Å². The molecule has 2 aliphatic heterocycles. The van der Waals surface area contributed by atoms with Gasteiger partial charge < -0.3 is 10.1 Å². The first kappa shape index (κ1) is 23.7. The van der Waals surface area contributed by atoms with Gasteiger partial charge in [0.1, 0.15) is 11.6 Å². The summed E-state index contributed by atoms with van der Waals surface area (Å²) in [5, 5.41) is 13.9. The first-order valence-electron chi connectivity index (χ1n) is 11.9. The van der Waals surface area contributed by atoms with Crippen molar-refractivity contribution in [2.75, 3.05) is 37.0 Å². The molecule has 3 aromatic rings. The maximum Gasteiger partial charge on any atom is 0.326 e. The molecular formula is C27H27FN4O4. The molecule has 0 aliphatic carbocycles. The van der Waals surface area contributed by atoms with E-state index in [0.29, 0.717) is 24.5 Å². The Morgan fingerprint density at radius 2 is 1.78 bits per heavy atom. The second-order valence-corrected chi connectivity index (χ2v) is 9.39. The van der Waals surface area contributed by atoms with Gasteiger partial charge in [0.15, 0.2) is 0 Å². The molecule has 1 spiro atoms. The molecule has 0 saturated carbocycles. The molecule has 1 fully saturated rings. The number of nitro benzene ring substituents is 1. The van der Waals surface area contributed by atoms with E-state index in [1.807, 2.05) is 0 Å². The van der Waals surface area contributed by atoms with Crippen LogP contribution in [0.25, 0.3) is 0 Å². The minimum Gasteiger partial charge on any atom is -0.497 e. The van der Waals surface area contributed by atoms with Crippen LogP contribution in [0.1, 0.15) is 24.0 Å². The molecule has 5 rings (SSSR count). The molecule has 8 nitrogen and oxygen atoms in total. The number of carbonyl (C=O) groups excluding carboxylic acids is 1. The fourth-order valence-corrected chi connectivity index (χ4v) is 5.24. The summed E-state index contributed by atoms with van der Waals surface area (Å²) in [5.41, 5.74) is 3.04. The van der Waals surface area contributed by atoms with Crippen molar-refractivity contribution in [2.45, 2.75) is 24.8 Å². The van der Waals surface area contributed by atoms with Gasteiger partial charge in [-0.2, -0.15) is 0 Å². The number of anilines is 2. The normalized spacial score (nSPS) is 16.6. The van der Waals surface area contributed by atoms with E-state index in [9.17, 15) is 19.3 Å². The van der Waals surface area contributed by atoms with Crippen LogP contribution in [0.4, 0.5) is 26.2 Å². The van der Waals surface area contributed by atoms with E-state index < -0.39 is 4.92 Å². The Morgan fingerprint density at radius 1 is 1.08 bits per heavy atom. The lowest BCUT2D eigenvalue weighted by atomic mass is 9.74. The van der Waals surface area contributed by atoms with Crippen molar-refractivity contribution in [3.63, 3.8) is 0 Å². The average Bonchev–Trinajstić information content (AvgIpc) is 3.19. The number of methoxy groups -OCH3 is 1. The lowest BCUT2D eigenvalue weighted by Gasteiger charge is -2.40. The zero-order valence-electron chi connectivity index (χ0n) is 19.9. The summed E-state index contributed by atoms with van der Waals surface area (Å²) in [6, 6.07) is 18.2. The number of rotatable bonds is 5. The van der Waals surface area contributed by atoms with E-state index in [0.717, 1.165) is 42.7 Å². The molecule has 0 radical (unpaired) electrons. The number of halogens is 1. The van der Waals surface area contributed by atoms with Gasteiger partial charge in [-0.05, 0) is 79.5 Å². The number of ether oxygens (including phenoxy) is 1. The summed E-state index contributed by atoms with van der Waals surface area (Å²) < 4.78 is 19.5. The van der Waals surface area contributed by atoms with Crippen molar-refractivity contribution in [3.8, 4) is 5.75 Å². The second kappa shape index (κ2) is 9.58. The zero-order chi connectivity index (χ0) is 25.3. The van der Waals surface area contributed by atoms with Crippen molar-refractivity contribution in [1.29, 1.82) is 0 Å². The van der Waals surface area contributed by atoms with Crippen molar-refractivity contribution in [1.82, 2.24) is 4.90 Å². The van der Waals surface area contributed by atoms with Gasteiger partial charge in [-0.3, -0.25) is 19.9 Å². The molecule has 2 amide bonds. The third kappa shape index (κ3) is 4.61. The molecule has 186 valence electrons. The van der Waals surface area contributed by atoms with Gasteiger partial charge in [-0.25, -0.2) is 9.18 Å². The Balaban J connectivity index is 1.30. The number of urea groups is 1. The molecule has 1 saturated heterocycles. The van der Waals surface area contributed by atoms with Gasteiger partial charge in [-0.1, -0.05) is 12.1 Å². The van der Waals surface area contributed by atoms with Crippen LogP contribution < -0.4 is 15.0 Å². The van der Waals surface area contributed by atoms with E-state index in [4.69, 9.17) is 4.74 Å². The molecule has 36 heavy (non-hydrogen) atoms. The van der Waals surface area contributed by atoms with E-state index in [1.54, 1.807) is 60.5 Å². The quantitative estimate of drug-likeness (QED) is 0.386. The number of benzene rings is 3. The van der Waals surface area contributed by atoms with Gasteiger partial charge >= 0.3 is 6.03 Å². The number of fused-ring (bicyclic) bond motifs is 2. The Kier molecular flexibility index (Phi) is 6.32. The number of nitrogens with one attached hydrogen (secondary N) is 1. The van der Waals surface area contributed by atoms with E-state index >= 15 is 0 Å². The van der Waals surface area contributed by atoms with Crippen molar-refractivity contribution >= 4 is 23.1 Å². The minimum atomic E-state index is -0.401. The van der Waals surface area contributed by atoms with Crippen LogP contribution in [0, 0.1) is 15.9 Å². The number of hydrogen-bond donors (Lipinski definition) is 1. The molecular weight excluding hydrogens is 463 g/mol. The molecule has 9 heteroatoms. The van der Waals surface area contributed by atoms with Gasteiger partial charge in [0.05, 0.1) is 12.0 Å². The van der Waals surface area contributed by atoms with Crippen LogP contribution >= 0.6 is 0 Å². The van der Waals surface area contributed by atoms with Crippen LogP contribution in [-0.4, -0.2) is 42.6 Å². The topological polar surface area (TPSA) is 88.0 Å². The van der Waals surface area contributed by atoms with Crippen LogP contribution in [0.3, 0.4) is 0 Å². The van der Waals surface area contributed by atoms with Crippen molar-refractivity contribution in [3.05, 3.63) is 93.8 Å². The molecule has 1 N–H and O–H groups in total. The highest BCUT2D eigenvalue weighted by Crippen LogP contribution is 2.47. The average molecular weight is 491 g/mol. The number of hydrogen-bond acceptors (Lipinski definition) is 5. The number of nitrogens with zero attached hydrogens (tertiary/aromatic N) is 3. The highest BCUT2D eigenvalue weighted by Gasteiger charge is 2.46. The fraction of sp³-hybridized carbons (Fsp3) is 0.296. The Hall–Kier alpha value is -3.98. The molecule has 0 atom stereocenters. The number of nitro groups is 1. The molecule has 2 heterocycles. The molecule has 3 aromatic carbocycles. The van der Waals surface area contributed by atoms with Gasteiger partial charge in [-0.15, -0.1) is 0 Å². The summed E-state index contributed by atoms with van der Waals surface area (Å²) in [6.07, 6.45) is 1.56. The highest BCUT2D eigenvalue weighted by molar-refractivity contribution is 6.03. The summed E-state index contributed by atoms with van der Waals surface area (Å²) in [6.45, 7) is 2.73. The lowest BCUT2D eigenvalue weighted by Crippen LogP contribution is -2.46.